The lowest BCUT2D eigenvalue weighted by molar-refractivity contribution is -0.387. The van der Waals surface area contributed by atoms with Gasteiger partial charge in [-0.2, -0.15) is 4.31 Å². The fourth-order valence-electron chi connectivity index (χ4n) is 3.30. The lowest BCUT2D eigenvalue weighted by atomic mass is 10.1. The molecule has 0 spiro atoms. The summed E-state index contributed by atoms with van der Waals surface area (Å²) >= 11 is 1.07. The van der Waals surface area contributed by atoms with Crippen LogP contribution >= 0.6 is 11.8 Å². The van der Waals surface area contributed by atoms with Crippen LogP contribution < -0.4 is 0 Å². The van der Waals surface area contributed by atoms with Crippen LogP contribution in [0.5, 0.6) is 0 Å². The Balaban J connectivity index is 1.48. The van der Waals surface area contributed by atoms with E-state index >= 15 is 0 Å². The molecule has 1 aromatic heterocycles. The topological polar surface area (TPSA) is 133 Å². The highest BCUT2D eigenvalue weighted by Gasteiger charge is 2.26. The minimum absolute atomic E-state index is 0.103. The number of aromatic nitrogens is 2. The Morgan fingerprint density at radius 3 is 2.43 bits per heavy atom. The van der Waals surface area contributed by atoms with Crippen molar-refractivity contribution < 1.29 is 22.9 Å². The molecule has 2 aromatic carbocycles. The van der Waals surface area contributed by atoms with Crippen LogP contribution in [0.2, 0.25) is 0 Å². The standard InChI is InChI=1S/C23H20N4O6S2/c28-21(18-4-6-19(7-5-18)35(31,32)26-12-14-33-15-13-26)8-2-17-3-9-22(20(16-17)27(29)30)34-23-24-10-1-11-25-23/h1-11,16H,12-15H2/b8-2+. The highest BCUT2D eigenvalue weighted by Crippen LogP contribution is 2.33. The van der Waals surface area contributed by atoms with Crippen molar-refractivity contribution in [3.8, 4) is 0 Å². The zero-order chi connectivity index (χ0) is 24.8. The maximum atomic E-state index is 12.7. The van der Waals surface area contributed by atoms with E-state index in [1.54, 1.807) is 30.6 Å². The van der Waals surface area contributed by atoms with Crippen LogP contribution in [0.3, 0.4) is 0 Å². The van der Waals surface area contributed by atoms with Gasteiger partial charge in [0, 0.05) is 37.1 Å². The molecule has 0 saturated carbocycles. The number of nitrogens with zero attached hydrogens (tertiary/aromatic N) is 4. The van der Waals surface area contributed by atoms with Gasteiger partial charge >= 0.3 is 0 Å². The van der Waals surface area contributed by atoms with Crippen LogP contribution in [0.25, 0.3) is 6.08 Å². The molecule has 0 amide bonds. The number of rotatable bonds is 8. The predicted octanol–water partition coefficient (Wildman–Crippen LogP) is 3.45. The van der Waals surface area contributed by atoms with E-state index in [4.69, 9.17) is 4.74 Å². The number of ether oxygens (including phenoxy) is 1. The maximum absolute atomic E-state index is 12.7. The molecule has 0 aliphatic carbocycles. The van der Waals surface area contributed by atoms with Crippen molar-refractivity contribution in [2.45, 2.75) is 14.9 Å². The third kappa shape index (κ3) is 5.98. The van der Waals surface area contributed by atoms with Gasteiger partial charge in [0.2, 0.25) is 10.0 Å². The molecule has 1 aliphatic heterocycles. The molecule has 4 rings (SSSR count). The Bertz CT molecular complexity index is 1360. The average molecular weight is 513 g/mol. The maximum Gasteiger partial charge on any atom is 0.283 e. The summed E-state index contributed by atoms with van der Waals surface area (Å²) in [6.07, 6.45) is 5.86. The van der Waals surface area contributed by atoms with Crippen LogP contribution in [-0.4, -0.2) is 59.7 Å². The van der Waals surface area contributed by atoms with E-state index in [1.807, 2.05) is 0 Å². The molecular weight excluding hydrogens is 492 g/mol. The Morgan fingerprint density at radius 2 is 1.77 bits per heavy atom. The van der Waals surface area contributed by atoms with Gasteiger partial charge in [0.15, 0.2) is 10.9 Å². The quantitative estimate of drug-likeness (QED) is 0.146. The van der Waals surface area contributed by atoms with Crippen LogP contribution in [-0.2, 0) is 14.8 Å². The molecule has 35 heavy (non-hydrogen) atoms. The Kier molecular flexibility index (Phi) is 7.66. The Hall–Kier alpha value is -3.45. The summed E-state index contributed by atoms with van der Waals surface area (Å²) in [6.45, 7) is 1.26. The normalized spacial score (nSPS) is 14.7. The number of allylic oxidation sites excluding steroid dienone is 1. The van der Waals surface area contributed by atoms with Crippen molar-refractivity contribution in [2.75, 3.05) is 26.3 Å². The van der Waals surface area contributed by atoms with E-state index in [0.717, 1.165) is 11.8 Å². The first-order valence-electron chi connectivity index (χ1n) is 10.5. The number of ketones is 1. The second-order valence-corrected chi connectivity index (χ2v) is 10.3. The van der Waals surface area contributed by atoms with Gasteiger partial charge < -0.3 is 4.74 Å². The van der Waals surface area contributed by atoms with E-state index in [1.165, 1.54) is 46.8 Å². The van der Waals surface area contributed by atoms with Crippen molar-refractivity contribution in [2.24, 2.45) is 0 Å². The summed E-state index contributed by atoms with van der Waals surface area (Å²) in [4.78, 5) is 32.2. The molecule has 10 nitrogen and oxygen atoms in total. The highest BCUT2D eigenvalue weighted by molar-refractivity contribution is 7.99. The molecule has 0 unspecified atom stereocenters. The van der Waals surface area contributed by atoms with Crippen molar-refractivity contribution >= 4 is 39.3 Å². The molecule has 12 heteroatoms. The zero-order valence-electron chi connectivity index (χ0n) is 18.3. The van der Waals surface area contributed by atoms with Crippen molar-refractivity contribution in [3.63, 3.8) is 0 Å². The van der Waals surface area contributed by atoms with Gasteiger partial charge in [0.05, 0.1) is 27.9 Å². The second kappa shape index (κ2) is 10.9. The molecule has 2 heterocycles. The number of sulfonamides is 1. The van der Waals surface area contributed by atoms with Gasteiger partial charge in [-0.15, -0.1) is 0 Å². The molecule has 0 N–H and O–H groups in total. The molecule has 1 aliphatic rings. The number of morpholine rings is 1. The molecular formula is C23H20N4O6S2. The number of nitro groups is 1. The van der Waals surface area contributed by atoms with Gasteiger partial charge in [0.1, 0.15) is 0 Å². The van der Waals surface area contributed by atoms with Gasteiger partial charge in [-0.05, 0) is 59.8 Å². The minimum atomic E-state index is -3.65. The summed E-state index contributed by atoms with van der Waals surface area (Å²) in [7, 11) is -3.65. The molecule has 3 aromatic rings. The SMILES string of the molecule is O=C(/C=C/c1ccc(Sc2ncccn2)c([N+](=O)[O-])c1)c1ccc(S(=O)(=O)N2CCOCC2)cc1. The molecule has 0 radical (unpaired) electrons. The number of benzene rings is 2. The molecule has 180 valence electrons. The fraction of sp³-hybridized carbons (Fsp3) is 0.174. The van der Waals surface area contributed by atoms with Crippen LogP contribution in [0.4, 0.5) is 5.69 Å². The Labute approximate surface area is 205 Å². The lowest BCUT2D eigenvalue weighted by Crippen LogP contribution is -2.40. The minimum Gasteiger partial charge on any atom is -0.379 e. The Morgan fingerprint density at radius 1 is 1.09 bits per heavy atom. The smallest absolute Gasteiger partial charge is 0.283 e. The summed E-state index contributed by atoms with van der Waals surface area (Å²) < 4.78 is 32.0. The number of carbonyl (C=O) groups excluding carboxylic acids is 1. The molecule has 0 bridgehead atoms. The first-order chi connectivity index (χ1) is 16.8. The van der Waals surface area contributed by atoms with Crippen LogP contribution in [0.15, 0.2) is 81.9 Å². The summed E-state index contributed by atoms with van der Waals surface area (Å²) in [5, 5.41) is 11.9. The highest BCUT2D eigenvalue weighted by atomic mass is 32.2. The monoisotopic (exact) mass is 512 g/mol. The summed E-state index contributed by atoms with van der Waals surface area (Å²) in [5.74, 6) is -0.362. The molecule has 0 atom stereocenters. The predicted molar refractivity (Wildman–Crippen MR) is 129 cm³/mol. The van der Waals surface area contributed by atoms with E-state index in [2.05, 4.69) is 9.97 Å². The van der Waals surface area contributed by atoms with E-state index in [-0.39, 0.29) is 29.5 Å². The average Bonchev–Trinajstić information content (AvgIpc) is 2.89. The first-order valence-corrected chi connectivity index (χ1v) is 12.7. The second-order valence-electron chi connectivity index (χ2n) is 7.36. The van der Waals surface area contributed by atoms with Crippen molar-refractivity contribution in [1.82, 2.24) is 14.3 Å². The van der Waals surface area contributed by atoms with Crippen LogP contribution in [0.1, 0.15) is 15.9 Å². The number of hydrogen-bond acceptors (Lipinski definition) is 9. The number of nitro benzene ring substituents is 1. The van der Waals surface area contributed by atoms with Gasteiger partial charge in [-0.1, -0.05) is 12.1 Å². The first kappa shape index (κ1) is 24.7. The summed E-state index contributed by atoms with van der Waals surface area (Å²) in [5.41, 5.74) is 0.634. The van der Waals surface area contributed by atoms with E-state index in [9.17, 15) is 23.3 Å². The van der Waals surface area contributed by atoms with Crippen LogP contribution in [0, 0.1) is 10.1 Å². The third-order valence-corrected chi connectivity index (χ3v) is 7.97. The van der Waals surface area contributed by atoms with E-state index in [0.29, 0.717) is 34.4 Å². The molecule has 1 saturated heterocycles. The van der Waals surface area contributed by atoms with Gasteiger partial charge in [-0.3, -0.25) is 14.9 Å². The zero-order valence-corrected chi connectivity index (χ0v) is 19.9. The number of carbonyl (C=O) groups is 1. The lowest BCUT2D eigenvalue weighted by Gasteiger charge is -2.26. The van der Waals surface area contributed by atoms with Gasteiger partial charge in [0.25, 0.3) is 5.69 Å². The number of hydrogen-bond donors (Lipinski definition) is 0. The summed E-state index contributed by atoms with van der Waals surface area (Å²) in [6, 6.07) is 11.9. The third-order valence-electron chi connectivity index (χ3n) is 5.10. The van der Waals surface area contributed by atoms with E-state index < -0.39 is 14.9 Å². The van der Waals surface area contributed by atoms with Gasteiger partial charge in [-0.25, -0.2) is 18.4 Å². The molecule has 1 fully saturated rings. The largest absolute Gasteiger partial charge is 0.379 e. The fourth-order valence-corrected chi connectivity index (χ4v) is 5.50. The van der Waals surface area contributed by atoms with Crippen molar-refractivity contribution in [1.29, 1.82) is 0 Å². The van der Waals surface area contributed by atoms with Crippen molar-refractivity contribution in [3.05, 3.63) is 88.2 Å².